The Morgan fingerprint density at radius 1 is 1.45 bits per heavy atom. The molecule has 6 nitrogen and oxygen atoms in total. The van der Waals surface area contributed by atoms with Crippen LogP contribution in [0.15, 0.2) is 6.07 Å². The van der Waals surface area contributed by atoms with E-state index in [1.54, 1.807) is 0 Å². The van der Waals surface area contributed by atoms with Gasteiger partial charge in [-0.15, -0.1) is 0 Å². The molecule has 1 atom stereocenters. The molecule has 122 valence electrons. The number of aromatic nitrogens is 2. The number of sulfone groups is 1. The molecule has 1 aliphatic carbocycles. The second kappa shape index (κ2) is 5.37. The third-order valence-electron chi connectivity index (χ3n) is 4.79. The molecule has 0 aromatic carbocycles. The summed E-state index contributed by atoms with van der Waals surface area (Å²) in [5, 5.41) is 7.45. The lowest BCUT2D eigenvalue weighted by Gasteiger charge is -2.18. The summed E-state index contributed by atoms with van der Waals surface area (Å²) >= 11 is 0. The van der Waals surface area contributed by atoms with Crippen molar-refractivity contribution in [1.29, 1.82) is 0 Å². The highest BCUT2D eigenvalue weighted by molar-refractivity contribution is 7.91. The highest BCUT2D eigenvalue weighted by Gasteiger charge is 2.44. The van der Waals surface area contributed by atoms with Crippen molar-refractivity contribution < 1.29 is 13.2 Å². The summed E-state index contributed by atoms with van der Waals surface area (Å²) in [5.41, 5.74) is 2.24. The van der Waals surface area contributed by atoms with Gasteiger partial charge in [-0.05, 0) is 39.2 Å². The summed E-state index contributed by atoms with van der Waals surface area (Å²) < 4.78 is 24.9. The fourth-order valence-electron chi connectivity index (χ4n) is 3.14. The van der Waals surface area contributed by atoms with Crippen molar-refractivity contribution in [2.45, 2.75) is 39.7 Å². The number of amides is 1. The molecule has 0 unspecified atom stereocenters. The Kier molecular flexibility index (Phi) is 3.79. The van der Waals surface area contributed by atoms with Gasteiger partial charge in [-0.25, -0.2) is 8.42 Å². The summed E-state index contributed by atoms with van der Waals surface area (Å²) in [5.74, 6) is -0.333. The molecule has 2 aliphatic rings. The van der Waals surface area contributed by atoms with Gasteiger partial charge in [0, 0.05) is 24.2 Å². The van der Waals surface area contributed by atoms with Crippen LogP contribution in [0, 0.1) is 25.2 Å². The Labute approximate surface area is 131 Å². The maximum absolute atomic E-state index is 12.1. The molecule has 7 heteroatoms. The maximum atomic E-state index is 12.1. The van der Waals surface area contributed by atoms with E-state index in [2.05, 4.69) is 16.5 Å². The van der Waals surface area contributed by atoms with Crippen molar-refractivity contribution in [3.8, 4) is 0 Å². The van der Waals surface area contributed by atoms with Gasteiger partial charge in [-0.1, -0.05) is 0 Å². The van der Waals surface area contributed by atoms with Crippen LogP contribution in [0.25, 0.3) is 0 Å². The lowest BCUT2D eigenvalue weighted by molar-refractivity contribution is -0.124. The van der Waals surface area contributed by atoms with Crippen molar-refractivity contribution in [2.75, 3.05) is 18.1 Å². The molecule has 2 heterocycles. The second-order valence-electron chi connectivity index (χ2n) is 6.90. The van der Waals surface area contributed by atoms with Crippen LogP contribution in [-0.2, 0) is 21.2 Å². The summed E-state index contributed by atoms with van der Waals surface area (Å²) in [4.78, 5) is 12.1. The molecule has 1 aromatic heterocycles. The van der Waals surface area contributed by atoms with Crippen LogP contribution in [0.5, 0.6) is 0 Å². The van der Waals surface area contributed by atoms with E-state index < -0.39 is 9.84 Å². The van der Waals surface area contributed by atoms with Gasteiger partial charge >= 0.3 is 0 Å². The number of hydrogen-bond donors (Lipinski definition) is 1. The van der Waals surface area contributed by atoms with Crippen LogP contribution >= 0.6 is 0 Å². The van der Waals surface area contributed by atoms with Crippen LogP contribution < -0.4 is 5.32 Å². The fourth-order valence-corrected chi connectivity index (χ4v) is 4.88. The number of carbonyl (C=O) groups is 1. The van der Waals surface area contributed by atoms with E-state index in [1.165, 1.54) is 0 Å². The van der Waals surface area contributed by atoms with Gasteiger partial charge in [0.05, 0.1) is 23.1 Å². The van der Waals surface area contributed by atoms with Crippen LogP contribution in [0.2, 0.25) is 0 Å². The second-order valence-corrected chi connectivity index (χ2v) is 9.13. The van der Waals surface area contributed by atoms with Crippen LogP contribution in [-0.4, -0.2) is 42.2 Å². The van der Waals surface area contributed by atoms with Crippen LogP contribution in [0.3, 0.4) is 0 Å². The number of rotatable bonds is 5. The smallest absolute Gasteiger partial charge is 0.224 e. The first-order valence-electron chi connectivity index (χ1n) is 7.78. The number of aryl methyl sites for hydroxylation is 2. The van der Waals surface area contributed by atoms with E-state index >= 15 is 0 Å². The standard InChI is InChI=1S/C15H23N3O3S/c1-11-7-12(2)18(17-11)10-15(4-5-15)9-16-14(19)13-3-6-22(20,21)8-13/h7,13H,3-6,8-10H2,1-2H3,(H,16,19)/t13-/m0/s1. The van der Waals surface area contributed by atoms with E-state index in [9.17, 15) is 13.2 Å². The first-order valence-corrected chi connectivity index (χ1v) is 9.60. The van der Waals surface area contributed by atoms with E-state index in [0.29, 0.717) is 13.0 Å². The highest BCUT2D eigenvalue weighted by atomic mass is 32.2. The molecule has 22 heavy (non-hydrogen) atoms. The molecule has 0 bridgehead atoms. The fraction of sp³-hybridized carbons (Fsp3) is 0.733. The summed E-state index contributed by atoms with van der Waals surface area (Å²) in [7, 11) is -3.01. The number of hydrogen-bond acceptors (Lipinski definition) is 4. The summed E-state index contributed by atoms with van der Waals surface area (Å²) in [6.45, 7) is 5.44. The van der Waals surface area contributed by atoms with Crippen molar-refractivity contribution in [1.82, 2.24) is 15.1 Å². The van der Waals surface area contributed by atoms with E-state index in [0.717, 1.165) is 30.8 Å². The molecule has 1 saturated carbocycles. The average molecular weight is 325 g/mol. The average Bonchev–Trinajstić information content (AvgIpc) is 2.99. The zero-order valence-electron chi connectivity index (χ0n) is 13.1. The SMILES string of the molecule is Cc1cc(C)n(CC2(CNC(=O)[C@H]3CCS(=O)(=O)C3)CC2)n1. The van der Waals surface area contributed by atoms with Gasteiger partial charge in [0.25, 0.3) is 0 Å². The van der Waals surface area contributed by atoms with Crippen molar-refractivity contribution in [3.63, 3.8) is 0 Å². The molecule has 1 aromatic rings. The van der Waals surface area contributed by atoms with Gasteiger partial charge in [-0.3, -0.25) is 9.48 Å². The predicted octanol–water partition coefficient (Wildman–Crippen LogP) is 0.831. The Morgan fingerprint density at radius 3 is 2.68 bits per heavy atom. The van der Waals surface area contributed by atoms with Gasteiger partial charge in [0.1, 0.15) is 0 Å². The molecule has 1 aliphatic heterocycles. The predicted molar refractivity (Wildman–Crippen MR) is 83.1 cm³/mol. The Morgan fingerprint density at radius 2 is 2.18 bits per heavy atom. The van der Waals surface area contributed by atoms with Crippen molar-refractivity contribution >= 4 is 15.7 Å². The van der Waals surface area contributed by atoms with Gasteiger partial charge < -0.3 is 5.32 Å². The third kappa shape index (κ3) is 3.34. The third-order valence-corrected chi connectivity index (χ3v) is 6.55. The molecule has 3 rings (SSSR count). The zero-order chi connectivity index (χ0) is 16.0. The molecule has 1 amide bonds. The van der Waals surface area contributed by atoms with E-state index in [1.807, 2.05) is 18.5 Å². The minimum absolute atomic E-state index is 0.00327. The van der Waals surface area contributed by atoms with E-state index in [-0.39, 0.29) is 28.7 Å². The lowest BCUT2D eigenvalue weighted by atomic mass is 10.1. The van der Waals surface area contributed by atoms with Crippen molar-refractivity contribution in [3.05, 3.63) is 17.5 Å². The van der Waals surface area contributed by atoms with E-state index in [4.69, 9.17) is 0 Å². The zero-order valence-corrected chi connectivity index (χ0v) is 13.9. The minimum Gasteiger partial charge on any atom is -0.355 e. The quantitative estimate of drug-likeness (QED) is 0.869. The van der Waals surface area contributed by atoms with Gasteiger partial charge in [-0.2, -0.15) is 5.10 Å². The van der Waals surface area contributed by atoms with Crippen LogP contribution in [0.1, 0.15) is 30.7 Å². The summed E-state index contributed by atoms with van der Waals surface area (Å²) in [6, 6.07) is 2.05. The Bertz CT molecular complexity index is 689. The molecule has 1 saturated heterocycles. The Balaban J connectivity index is 1.55. The van der Waals surface area contributed by atoms with Crippen molar-refractivity contribution in [2.24, 2.45) is 11.3 Å². The van der Waals surface area contributed by atoms with Gasteiger partial charge in [0.2, 0.25) is 5.91 Å². The molecular weight excluding hydrogens is 302 g/mol. The van der Waals surface area contributed by atoms with Crippen LogP contribution in [0.4, 0.5) is 0 Å². The monoisotopic (exact) mass is 325 g/mol. The summed E-state index contributed by atoms with van der Waals surface area (Å²) in [6.07, 6.45) is 2.61. The Hall–Kier alpha value is -1.37. The molecule has 0 spiro atoms. The molecule has 0 radical (unpaired) electrons. The topological polar surface area (TPSA) is 81.1 Å². The maximum Gasteiger partial charge on any atom is 0.224 e. The molecule has 1 N–H and O–H groups in total. The molecular formula is C15H23N3O3S. The largest absolute Gasteiger partial charge is 0.355 e. The number of nitrogens with one attached hydrogen (secondary N) is 1. The normalized spacial score (nSPS) is 25.1. The minimum atomic E-state index is -3.01. The first-order chi connectivity index (χ1) is 10.3. The molecule has 2 fully saturated rings. The number of carbonyl (C=O) groups excluding carboxylic acids is 1. The van der Waals surface area contributed by atoms with Gasteiger partial charge in [0.15, 0.2) is 9.84 Å². The highest BCUT2D eigenvalue weighted by Crippen LogP contribution is 2.46. The number of nitrogens with zero attached hydrogens (tertiary/aromatic N) is 2. The lowest BCUT2D eigenvalue weighted by Crippen LogP contribution is -2.37. The first kappa shape index (κ1) is 15.5.